The number of aryl methyl sites for hydroxylation is 1. The number of aromatic nitrogens is 2. The van der Waals surface area contributed by atoms with E-state index in [0.717, 1.165) is 36.8 Å². The SMILES string of the molecule is CCCCNC(=O)c1ccc2c(c1)nc(N)n2CCCOC. The molecule has 6 nitrogen and oxygen atoms in total. The molecule has 0 aliphatic carbocycles. The molecule has 22 heavy (non-hydrogen) atoms. The number of hydrogen-bond donors (Lipinski definition) is 2. The van der Waals surface area contributed by atoms with Gasteiger partial charge in [0.05, 0.1) is 11.0 Å². The van der Waals surface area contributed by atoms with Crippen molar-refractivity contribution >= 4 is 22.9 Å². The van der Waals surface area contributed by atoms with Crippen LogP contribution in [0.5, 0.6) is 0 Å². The Hall–Kier alpha value is -2.08. The van der Waals surface area contributed by atoms with Crippen LogP contribution in [0.1, 0.15) is 36.5 Å². The van der Waals surface area contributed by atoms with Gasteiger partial charge in [-0.25, -0.2) is 4.98 Å². The Labute approximate surface area is 130 Å². The topological polar surface area (TPSA) is 82.2 Å². The van der Waals surface area contributed by atoms with Gasteiger partial charge in [-0.2, -0.15) is 0 Å². The molecule has 0 saturated heterocycles. The number of ether oxygens (including phenoxy) is 1. The number of imidazole rings is 1. The summed E-state index contributed by atoms with van der Waals surface area (Å²) < 4.78 is 7.01. The van der Waals surface area contributed by atoms with Gasteiger partial charge in [0.2, 0.25) is 5.95 Å². The zero-order valence-electron chi connectivity index (χ0n) is 13.3. The van der Waals surface area contributed by atoms with Crippen LogP contribution in [0, 0.1) is 0 Å². The number of unbranched alkanes of at least 4 members (excludes halogenated alkanes) is 1. The zero-order valence-corrected chi connectivity index (χ0v) is 13.3. The van der Waals surface area contributed by atoms with Crippen LogP contribution >= 0.6 is 0 Å². The maximum Gasteiger partial charge on any atom is 0.251 e. The number of anilines is 1. The predicted octanol–water partition coefficient (Wildman–Crippen LogP) is 2.18. The van der Waals surface area contributed by atoms with E-state index in [1.807, 2.05) is 16.7 Å². The van der Waals surface area contributed by atoms with Crippen LogP contribution in [-0.2, 0) is 11.3 Å². The molecule has 0 aliphatic heterocycles. The first-order valence-electron chi connectivity index (χ1n) is 7.70. The van der Waals surface area contributed by atoms with E-state index in [9.17, 15) is 4.79 Å². The third-order valence-corrected chi connectivity index (χ3v) is 3.59. The number of nitrogen functional groups attached to an aromatic ring is 1. The van der Waals surface area contributed by atoms with E-state index in [1.165, 1.54) is 0 Å². The maximum absolute atomic E-state index is 12.1. The number of fused-ring (bicyclic) bond motifs is 1. The van der Waals surface area contributed by atoms with Gasteiger partial charge in [-0.1, -0.05) is 13.3 Å². The van der Waals surface area contributed by atoms with Gasteiger partial charge < -0.3 is 20.4 Å². The van der Waals surface area contributed by atoms with E-state index >= 15 is 0 Å². The Kier molecular flexibility index (Phi) is 5.77. The van der Waals surface area contributed by atoms with E-state index in [2.05, 4.69) is 17.2 Å². The summed E-state index contributed by atoms with van der Waals surface area (Å²) in [5, 5.41) is 2.91. The van der Waals surface area contributed by atoms with Gasteiger partial charge in [-0.3, -0.25) is 4.79 Å². The number of nitrogens with zero attached hydrogens (tertiary/aromatic N) is 2. The number of carbonyl (C=O) groups excluding carboxylic acids is 1. The normalized spacial score (nSPS) is 11.0. The van der Waals surface area contributed by atoms with E-state index in [1.54, 1.807) is 13.2 Å². The van der Waals surface area contributed by atoms with Gasteiger partial charge >= 0.3 is 0 Å². The molecule has 0 bridgehead atoms. The third-order valence-electron chi connectivity index (χ3n) is 3.59. The lowest BCUT2D eigenvalue weighted by Gasteiger charge is -2.07. The molecule has 2 rings (SSSR count). The standard InChI is InChI=1S/C16H24N4O2/c1-3-4-8-18-15(21)12-6-7-14-13(11-12)19-16(17)20(14)9-5-10-22-2/h6-7,11H,3-5,8-10H2,1-2H3,(H2,17,19)(H,18,21). The van der Waals surface area contributed by atoms with Gasteiger partial charge in [0.1, 0.15) is 0 Å². The summed E-state index contributed by atoms with van der Waals surface area (Å²) >= 11 is 0. The van der Waals surface area contributed by atoms with Crippen molar-refractivity contribution in [1.29, 1.82) is 0 Å². The Morgan fingerprint density at radius 1 is 1.41 bits per heavy atom. The van der Waals surface area contributed by atoms with Crippen molar-refractivity contribution in [3.05, 3.63) is 23.8 Å². The van der Waals surface area contributed by atoms with Crippen LogP contribution < -0.4 is 11.1 Å². The maximum atomic E-state index is 12.1. The fraction of sp³-hybridized carbons (Fsp3) is 0.500. The summed E-state index contributed by atoms with van der Waals surface area (Å²) in [5.41, 5.74) is 8.28. The highest BCUT2D eigenvalue weighted by molar-refractivity contribution is 5.97. The largest absolute Gasteiger partial charge is 0.385 e. The number of carbonyl (C=O) groups is 1. The number of methoxy groups -OCH3 is 1. The summed E-state index contributed by atoms with van der Waals surface area (Å²) in [7, 11) is 1.68. The fourth-order valence-corrected chi connectivity index (χ4v) is 2.37. The average molecular weight is 304 g/mol. The summed E-state index contributed by atoms with van der Waals surface area (Å²) in [6, 6.07) is 5.51. The summed E-state index contributed by atoms with van der Waals surface area (Å²) in [4.78, 5) is 16.4. The van der Waals surface area contributed by atoms with Gasteiger partial charge in [0.25, 0.3) is 5.91 Å². The molecule has 1 heterocycles. The second-order valence-corrected chi connectivity index (χ2v) is 5.28. The number of nitrogens with one attached hydrogen (secondary N) is 1. The molecule has 1 aromatic heterocycles. The van der Waals surface area contributed by atoms with Crippen molar-refractivity contribution in [3.63, 3.8) is 0 Å². The van der Waals surface area contributed by atoms with Crippen LogP contribution in [0.15, 0.2) is 18.2 Å². The number of hydrogen-bond acceptors (Lipinski definition) is 4. The zero-order chi connectivity index (χ0) is 15.9. The highest BCUT2D eigenvalue weighted by Crippen LogP contribution is 2.20. The number of benzene rings is 1. The summed E-state index contributed by atoms with van der Waals surface area (Å²) in [6.45, 7) is 4.22. The molecular weight excluding hydrogens is 280 g/mol. The predicted molar refractivity (Wildman–Crippen MR) is 87.9 cm³/mol. The highest BCUT2D eigenvalue weighted by atomic mass is 16.5. The molecule has 6 heteroatoms. The fourth-order valence-electron chi connectivity index (χ4n) is 2.37. The molecule has 1 amide bonds. The van der Waals surface area contributed by atoms with Crippen molar-refractivity contribution in [3.8, 4) is 0 Å². The van der Waals surface area contributed by atoms with Crippen LogP contribution in [0.25, 0.3) is 11.0 Å². The molecule has 0 aliphatic rings. The van der Waals surface area contributed by atoms with Crippen molar-refractivity contribution < 1.29 is 9.53 Å². The minimum atomic E-state index is -0.0668. The second kappa shape index (κ2) is 7.79. The molecule has 0 radical (unpaired) electrons. The van der Waals surface area contributed by atoms with E-state index in [4.69, 9.17) is 10.5 Å². The Bertz CT molecular complexity index is 636. The minimum Gasteiger partial charge on any atom is -0.385 e. The smallest absolute Gasteiger partial charge is 0.251 e. The Morgan fingerprint density at radius 2 is 2.23 bits per heavy atom. The Balaban J connectivity index is 2.15. The molecule has 120 valence electrons. The van der Waals surface area contributed by atoms with Gasteiger partial charge in [0.15, 0.2) is 0 Å². The second-order valence-electron chi connectivity index (χ2n) is 5.28. The molecule has 0 saturated carbocycles. The average Bonchev–Trinajstić information content (AvgIpc) is 2.82. The van der Waals surface area contributed by atoms with Crippen LogP contribution in [0.2, 0.25) is 0 Å². The lowest BCUT2D eigenvalue weighted by atomic mass is 10.2. The van der Waals surface area contributed by atoms with Gasteiger partial charge in [-0.05, 0) is 31.0 Å². The van der Waals surface area contributed by atoms with Crippen LogP contribution in [0.4, 0.5) is 5.95 Å². The van der Waals surface area contributed by atoms with Crippen LogP contribution in [-0.4, -0.2) is 35.7 Å². The quantitative estimate of drug-likeness (QED) is 0.732. The third kappa shape index (κ3) is 3.76. The molecule has 1 aromatic carbocycles. The van der Waals surface area contributed by atoms with E-state index in [0.29, 0.717) is 24.7 Å². The molecule has 0 atom stereocenters. The number of rotatable bonds is 8. The number of nitrogens with two attached hydrogens (primary N) is 1. The van der Waals surface area contributed by atoms with E-state index < -0.39 is 0 Å². The number of amides is 1. The molecular formula is C16H24N4O2. The summed E-state index contributed by atoms with van der Waals surface area (Å²) in [5.74, 6) is 0.400. The molecule has 0 unspecified atom stereocenters. The molecule has 3 N–H and O–H groups in total. The van der Waals surface area contributed by atoms with Gasteiger partial charge in [0, 0.05) is 32.4 Å². The first kappa shape index (κ1) is 16.3. The monoisotopic (exact) mass is 304 g/mol. The van der Waals surface area contributed by atoms with Crippen molar-refractivity contribution in [1.82, 2.24) is 14.9 Å². The van der Waals surface area contributed by atoms with Crippen molar-refractivity contribution in [2.45, 2.75) is 32.7 Å². The molecule has 0 fully saturated rings. The van der Waals surface area contributed by atoms with Gasteiger partial charge in [-0.15, -0.1) is 0 Å². The Morgan fingerprint density at radius 3 is 2.95 bits per heavy atom. The first-order chi connectivity index (χ1) is 10.7. The lowest BCUT2D eigenvalue weighted by molar-refractivity contribution is 0.0953. The van der Waals surface area contributed by atoms with Crippen molar-refractivity contribution in [2.75, 3.05) is 26.0 Å². The first-order valence-corrected chi connectivity index (χ1v) is 7.70. The van der Waals surface area contributed by atoms with Crippen LogP contribution in [0.3, 0.4) is 0 Å². The molecule has 2 aromatic rings. The highest BCUT2D eigenvalue weighted by Gasteiger charge is 2.11. The van der Waals surface area contributed by atoms with E-state index in [-0.39, 0.29) is 5.91 Å². The van der Waals surface area contributed by atoms with Crippen molar-refractivity contribution in [2.24, 2.45) is 0 Å². The summed E-state index contributed by atoms with van der Waals surface area (Å²) in [6.07, 6.45) is 2.90. The molecule has 0 spiro atoms. The minimum absolute atomic E-state index is 0.0668. The lowest BCUT2D eigenvalue weighted by Crippen LogP contribution is -2.24.